The Hall–Kier alpha value is -0.870. The molecule has 4 heteroatoms. The lowest BCUT2D eigenvalue weighted by Crippen LogP contribution is -2.47. The highest BCUT2D eigenvalue weighted by molar-refractivity contribution is 7.08. The molecule has 1 aromatic heterocycles. The summed E-state index contributed by atoms with van der Waals surface area (Å²) in [5.41, 5.74) is 6.51. The topological polar surface area (TPSA) is 52.3 Å². The highest BCUT2D eigenvalue weighted by Crippen LogP contribution is 2.28. The predicted octanol–water partition coefficient (Wildman–Crippen LogP) is 1.53. The number of esters is 1. The zero-order valence-corrected chi connectivity index (χ0v) is 9.43. The van der Waals surface area contributed by atoms with E-state index in [-0.39, 0.29) is 11.4 Å². The van der Waals surface area contributed by atoms with Crippen LogP contribution in [0, 0.1) is 0 Å². The normalized spacial score (nSPS) is 13.7. The quantitative estimate of drug-likeness (QED) is 0.775. The van der Waals surface area contributed by atoms with E-state index in [0.29, 0.717) is 0 Å². The predicted molar refractivity (Wildman–Crippen MR) is 57.3 cm³/mol. The van der Waals surface area contributed by atoms with Gasteiger partial charge in [0.25, 0.3) is 0 Å². The molecule has 0 saturated heterocycles. The molecule has 0 fully saturated rings. The van der Waals surface area contributed by atoms with Crippen molar-refractivity contribution in [3.05, 3.63) is 22.4 Å². The second-order valence-electron chi connectivity index (χ2n) is 3.73. The molecule has 1 atom stereocenters. The Labute approximate surface area is 87.9 Å². The molecule has 1 unspecified atom stereocenters. The minimum atomic E-state index is -0.623. The van der Waals surface area contributed by atoms with Crippen LogP contribution in [0.4, 0.5) is 0 Å². The summed E-state index contributed by atoms with van der Waals surface area (Å²) >= 11 is 1.60. The van der Waals surface area contributed by atoms with Gasteiger partial charge in [-0.1, -0.05) is 13.8 Å². The summed E-state index contributed by atoms with van der Waals surface area (Å²) in [7, 11) is 1.35. The molecule has 0 aromatic carbocycles. The molecule has 14 heavy (non-hydrogen) atoms. The third kappa shape index (κ3) is 1.96. The van der Waals surface area contributed by atoms with Crippen molar-refractivity contribution in [1.82, 2.24) is 0 Å². The summed E-state index contributed by atoms with van der Waals surface area (Å²) in [5.74, 6) is -0.374. The molecule has 1 rings (SSSR count). The minimum absolute atomic E-state index is 0.374. The summed E-state index contributed by atoms with van der Waals surface area (Å²) in [6.45, 7) is 3.88. The van der Waals surface area contributed by atoms with Crippen molar-refractivity contribution in [2.45, 2.75) is 25.3 Å². The zero-order chi connectivity index (χ0) is 10.8. The molecule has 0 radical (unpaired) electrons. The molecule has 0 saturated carbocycles. The first-order valence-corrected chi connectivity index (χ1v) is 5.30. The van der Waals surface area contributed by atoms with Crippen molar-refractivity contribution >= 4 is 17.3 Å². The lowest BCUT2D eigenvalue weighted by atomic mass is 9.79. The van der Waals surface area contributed by atoms with Gasteiger partial charge in [-0.25, -0.2) is 0 Å². The van der Waals surface area contributed by atoms with Gasteiger partial charge in [0.2, 0.25) is 0 Å². The smallest absolute Gasteiger partial charge is 0.323 e. The van der Waals surface area contributed by atoms with E-state index in [0.717, 1.165) is 5.56 Å². The van der Waals surface area contributed by atoms with Crippen LogP contribution in [0.5, 0.6) is 0 Å². The van der Waals surface area contributed by atoms with Gasteiger partial charge < -0.3 is 10.5 Å². The van der Waals surface area contributed by atoms with Gasteiger partial charge in [-0.05, 0) is 22.4 Å². The zero-order valence-electron chi connectivity index (χ0n) is 8.61. The van der Waals surface area contributed by atoms with Crippen LogP contribution in [0.3, 0.4) is 0 Å². The SMILES string of the molecule is COC(=O)C(N)C(C)(C)c1ccsc1. The molecule has 0 bridgehead atoms. The maximum absolute atomic E-state index is 11.3. The molecule has 1 aromatic rings. The van der Waals surface area contributed by atoms with Crippen molar-refractivity contribution in [2.75, 3.05) is 7.11 Å². The Bertz CT molecular complexity index is 306. The summed E-state index contributed by atoms with van der Waals surface area (Å²) in [6.07, 6.45) is 0. The van der Waals surface area contributed by atoms with E-state index in [2.05, 4.69) is 4.74 Å². The van der Waals surface area contributed by atoms with Crippen molar-refractivity contribution < 1.29 is 9.53 Å². The third-order valence-corrected chi connectivity index (χ3v) is 3.18. The first kappa shape index (κ1) is 11.2. The van der Waals surface area contributed by atoms with Crippen LogP contribution < -0.4 is 5.73 Å². The fourth-order valence-corrected chi connectivity index (χ4v) is 2.06. The number of ether oxygens (including phenoxy) is 1. The average Bonchev–Trinajstić information content (AvgIpc) is 2.68. The van der Waals surface area contributed by atoms with E-state index in [1.54, 1.807) is 11.3 Å². The van der Waals surface area contributed by atoms with Crippen LogP contribution in [0.25, 0.3) is 0 Å². The highest BCUT2D eigenvalue weighted by Gasteiger charge is 2.34. The molecule has 1 heterocycles. The number of rotatable bonds is 3. The molecule has 0 spiro atoms. The average molecular weight is 213 g/mol. The molecular weight excluding hydrogens is 198 g/mol. The van der Waals surface area contributed by atoms with E-state index < -0.39 is 6.04 Å². The number of thiophene rings is 1. The molecule has 0 amide bonds. The van der Waals surface area contributed by atoms with E-state index in [9.17, 15) is 4.79 Å². The number of nitrogens with two attached hydrogens (primary N) is 1. The largest absolute Gasteiger partial charge is 0.468 e. The number of methoxy groups -OCH3 is 1. The third-order valence-electron chi connectivity index (χ3n) is 2.50. The highest BCUT2D eigenvalue weighted by atomic mass is 32.1. The van der Waals surface area contributed by atoms with Gasteiger partial charge in [0.05, 0.1) is 7.11 Å². The van der Waals surface area contributed by atoms with E-state index in [1.807, 2.05) is 30.7 Å². The van der Waals surface area contributed by atoms with Gasteiger partial charge in [0.1, 0.15) is 6.04 Å². The standard InChI is InChI=1S/C10H15NO2S/c1-10(2,7-4-5-14-6-7)8(11)9(12)13-3/h4-6,8H,11H2,1-3H3. The lowest BCUT2D eigenvalue weighted by molar-refractivity contribution is -0.143. The second-order valence-corrected chi connectivity index (χ2v) is 4.51. The van der Waals surface area contributed by atoms with Crippen LogP contribution in [0.1, 0.15) is 19.4 Å². The molecule has 2 N–H and O–H groups in total. The first-order valence-electron chi connectivity index (χ1n) is 4.36. The van der Waals surface area contributed by atoms with Gasteiger partial charge in [-0.3, -0.25) is 4.79 Å². The van der Waals surface area contributed by atoms with E-state index in [1.165, 1.54) is 7.11 Å². The number of carbonyl (C=O) groups is 1. The second kappa shape index (κ2) is 4.11. The fraction of sp³-hybridized carbons (Fsp3) is 0.500. The number of hydrogen-bond acceptors (Lipinski definition) is 4. The van der Waals surface area contributed by atoms with Crippen molar-refractivity contribution in [2.24, 2.45) is 5.73 Å². The van der Waals surface area contributed by atoms with Crippen molar-refractivity contribution in [1.29, 1.82) is 0 Å². The minimum Gasteiger partial charge on any atom is -0.468 e. The van der Waals surface area contributed by atoms with Gasteiger partial charge >= 0.3 is 5.97 Å². The maximum Gasteiger partial charge on any atom is 0.323 e. The van der Waals surface area contributed by atoms with E-state index >= 15 is 0 Å². The Morgan fingerprint density at radius 1 is 1.64 bits per heavy atom. The van der Waals surface area contributed by atoms with Crippen LogP contribution in [0.15, 0.2) is 16.8 Å². The van der Waals surface area contributed by atoms with Crippen molar-refractivity contribution in [3.63, 3.8) is 0 Å². The summed E-state index contributed by atoms with van der Waals surface area (Å²) < 4.78 is 4.64. The molecule has 0 aliphatic rings. The van der Waals surface area contributed by atoms with Crippen molar-refractivity contribution in [3.8, 4) is 0 Å². The fourth-order valence-electron chi connectivity index (χ4n) is 1.23. The molecule has 78 valence electrons. The van der Waals surface area contributed by atoms with Gasteiger partial charge in [-0.15, -0.1) is 0 Å². The summed E-state index contributed by atoms with van der Waals surface area (Å²) in [5, 5.41) is 3.98. The van der Waals surface area contributed by atoms with Gasteiger partial charge in [0.15, 0.2) is 0 Å². The lowest BCUT2D eigenvalue weighted by Gasteiger charge is -2.28. The summed E-state index contributed by atoms with van der Waals surface area (Å²) in [4.78, 5) is 11.3. The number of carbonyl (C=O) groups excluding carboxylic acids is 1. The Morgan fingerprint density at radius 2 is 2.29 bits per heavy atom. The van der Waals surface area contributed by atoms with E-state index in [4.69, 9.17) is 5.73 Å². The van der Waals surface area contributed by atoms with Crippen LogP contribution in [0.2, 0.25) is 0 Å². The van der Waals surface area contributed by atoms with Crippen LogP contribution >= 0.6 is 11.3 Å². The number of hydrogen-bond donors (Lipinski definition) is 1. The first-order chi connectivity index (χ1) is 6.50. The Kier molecular flexibility index (Phi) is 3.29. The molecule has 3 nitrogen and oxygen atoms in total. The van der Waals surface area contributed by atoms with Gasteiger partial charge in [0, 0.05) is 5.41 Å². The molecule has 0 aliphatic carbocycles. The van der Waals surface area contributed by atoms with Crippen LogP contribution in [-0.4, -0.2) is 19.1 Å². The molecule has 0 aliphatic heterocycles. The Morgan fingerprint density at radius 3 is 2.71 bits per heavy atom. The monoisotopic (exact) mass is 213 g/mol. The Balaban J connectivity index is 2.90. The van der Waals surface area contributed by atoms with Gasteiger partial charge in [-0.2, -0.15) is 11.3 Å². The molecular formula is C10H15NO2S. The van der Waals surface area contributed by atoms with Crippen LogP contribution in [-0.2, 0) is 14.9 Å². The maximum atomic E-state index is 11.3. The summed E-state index contributed by atoms with van der Waals surface area (Å²) in [6, 6.07) is 1.36.